The van der Waals surface area contributed by atoms with Gasteiger partial charge in [0.2, 0.25) is 0 Å². The molecule has 1 amide bonds. The second kappa shape index (κ2) is 5.52. The van der Waals surface area contributed by atoms with Crippen LogP contribution in [0.3, 0.4) is 0 Å². The van der Waals surface area contributed by atoms with Gasteiger partial charge in [-0.1, -0.05) is 6.07 Å². The largest absolute Gasteiger partial charge is 0.435 e. The molecule has 1 aromatic rings. The standard InChI is InChI=1S/C13H16F2N2O2/c14-12(15)19-10-4-1-3-9(7-10)11(18)17-13(8-16)5-2-6-13/h1,3-4,7,12H,2,5-6,8,16H2,(H,17,18). The SMILES string of the molecule is NCC1(NC(=O)c2cccc(OC(F)F)c2)CCC1. The highest BCUT2D eigenvalue weighted by atomic mass is 19.3. The minimum absolute atomic E-state index is 0.0296. The monoisotopic (exact) mass is 270 g/mol. The van der Waals surface area contributed by atoms with E-state index >= 15 is 0 Å². The number of hydrogen-bond donors (Lipinski definition) is 2. The van der Waals surface area contributed by atoms with E-state index in [4.69, 9.17) is 5.73 Å². The first-order chi connectivity index (χ1) is 9.04. The van der Waals surface area contributed by atoms with Crippen LogP contribution in [-0.2, 0) is 0 Å². The van der Waals surface area contributed by atoms with Crippen molar-refractivity contribution in [1.82, 2.24) is 5.32 Å². The molecule has 2 rings (SSSR count). The predicted molar refractivity (Wildman–Crippen MR) is 66.2 cm³/mol. The van der Waals surface area contributed by atoms with Crippen molar-refractivity contribution in [3.05, 3.63) is 29.8 Å². The minimum atomic E-state index is -2.90. The van der Waals surface area contributed by atoms with Crippen LogP contribution in [0.5, 0.6) is 5.75 Å². The second-order valence-electron chi connectivity index (χ2n) is 4.70. The van der Waals surface area contributed by atoms with Crippen molar-refractivity contribution in [2.45, 2.75) is 31.4 Å². The maximum atomic E-state index is 12.1. The smallest absolute Gasteiger partial charge is 0.387 e. The highest BCUT2D eigenvalue weighted by molar-refractivity contribution is 5.95. The molecule has 3 N–H and O–H groups in total. The Kier molecular flexibility index (Phi) is 3.99. The molecule has 0 atom stereocenters. The summed E-state index contributed by atoms with van der Waals surface area (Å²) in [4.78, 5) is 12.0. The van der Waals surface area contributed by atoms with Crippen LogP contribution in [0.15, 0.2) is 24.3 Å². The van der Waals surface area contributed by atoms with Crippen molar-refractivity contribution < 1.29 is 18.3 Å². The van der Waals surface area contributed by atoms with Crippen molar-refractivity contribution >= 4 is 5.91 Å². The average molecular weight is 270 g/mol. The molecule has 4 nitrogen and oxygen atoms in total. The summed E-state index contributed by atoms with van der Waals surface area (Å²) in [6, 6.07) is 5.73. The van der Waals surface area contributed by atoms with Crippen molar-refractivity contribution in [2.24, 2.45) is 5.73 Å². The average Bonchev–Trinajstić information content (AvgIpc) is 2.33. The number of amides is 1. The Morgan fingerprint density at radius 1 is 1.47 bits per heavy atom. The first-order valence-electron chi connectivity index (χ1n) is 6.12. The zero-order chi connectivity index (χ0) is 13.9. The van der Waals surface area contributed by atoms with Gasteiger partial charge in [0, 0.05) is 12.1 Å². The van der Waals surface area contributed by atoms with Gasteiger partial charge < -0.3 is 15.8 Å². The van der Waals surface area contributed by atoms with Gasteiger partial charge in [-0.25, -0.2) is 0 Å². The zero-order valence-electron chi connectivity index (χ0n) is 10.4. The maximum absolute atomic E-state index is 12.1. The van der Waals surface area contributed by atoms with Crippen molar-refractivity contribution in [2.75, 3.05) is 6.54 Å². The third-order valence-corrected chi connectivity index (χ3v) is 3.40. The third-order valence-electron chi connectivity index (χ3n) is 3.40. The number of ether oxygens (including phenoxy) is 1. The van der Waals surface area contributed by atoms with E-state index in [-0.39, 0.29) is 22.8 Å². The van der Waals surface area contributed by atoms with Gasteiger partial charge >= 0.3 is 6.61 Å². The molecule has 104 valence electrons. The molecule has 0 aliphatic heterocycles. The molecule has 0 unspecified atom stereocenters. The maximum Gasteiger partial charge on any atom is 0.387 e. The number of carbonyl (C=O) groups is 1. The topological polar surface area (TPSA) is 64.3 Å². The van der Waals surface area contributed by atoms with E-state index in [1.807, 2.05) is 0 Å². The van der Waals surface area contributed by atoms with Crippen LogP contribution in [0, 0.1) is 0 Å². The Morgan fingerprint density at radius 3 is 2.74 bits per heavy atom. The van der Waals surface area contributed by atoms with Crippen LogP contribution in [0.4, 0.5) is 8.78 Å². The van der Waals surface area contributed by atoms with Crippen molar-refractivity contribution in [3.63, 3.8) is 0 Å². The number of nitrogens with one attached hydrogen (secondary N) is 1. The highest BCUT2D eigenvalue weighted by Crippen LogP contribution is 2.31. The number of nitrogens with two attached hydrogens (primary N) is 1. The summed E-state index contributed by atoms with van der Waals surface area (Å²) in [5.74, 6) is -0.345. The summed E-state index contributed by atoms with van der Waals surface area (Å²) in [6.45, 7) is -2.52. The fourth-order valence-corrected chi connectivity index (χ4v) is 2.11. The van der Waals surface area contributed by atoms with Gasteiger partial charge in [0.1, 0.15) is 5.75 Å². The molecular formula is C13H16F2N2O2. The third kappa shape index (κ3) is 3.20. The van der Waals surface area contributed by atoms with Crippen molar-refractivity contribution in [3.8, 4) is 5.75 Å². The van der Waals surface area contributed by atoms with Gasteiger partial charge in [0.15, 0.2) is 0 Å². The van der Waals surface area contributed by atoms with Gasteiger partial charge in [0.25, 0.3) is 5.91 Å². The lowest BCUT2D eigenvalue weighted by Gasteiger charge is -2.41. The van der Waals surface area contributed by atoms with E-state index in [9.17, 15) is 13.6 Å². The van der Waals surface area contributed by atoms with Gasteiger partial charge in [-0.15, -0.1) is 0 Å². The Morgan fingerprint density at radius 2 is 2.21 bits per heavy atom. The lowest BCUT2D eigenvalue weighted by atomic mass is 9.76. The molecule has 0 radical (unpaired) electrons. The number of rotatable bonds is 5. The number of halogens is 2. The second-order valence-corrected chi connectivity index (χ2v) is 4.70. The quantitative estimate of drug-likeness (QED) is 0.859. The van der Waals surface area contributed by atoms with Crippen LogP contribution in [-0.4, -0.2) is 24.6 Å². The molecule has 0 heterocycles. The van der Waals surface area contributed by atoms with Crippen LogP contribution in [0.2, 0.25) is 0 Å². The Hall–Kier alpha value is -1.69. The molecule has 1 aromatic carbocycles. The molecule has 1 aliphatic rings. The van der Waals surface area contributed by atoms with Gasteiger partial charge in [0.05, 0.1) is 5.54 Å². The summed E-state index contributed by atoms with van der Waals surface area (Å²) in [6.07, 6.45) is 2.73. The molecule has 0 spiro atoms. The fourth-order valence-electron chi connectivity index (χ4n) is 2.11. The van der Waals surface area contributed by atoms with Crippen molar-refractivity contribution in [1.29, 1.82) is 0 Å². The molecule has 1 fully saturated rings. The fraction of sp³-hybridized carbons (Fsp3) is 0.462. The number of carbonyl (C=O) groups excluding carboxylic acids is 1. The lowest BCUT2D eigenvalue weighted by molar-refractivity contribution is -0.0498. The summed E-state index contributed by atoms with van der Waals surface area (Å²) in [5.41, 5.74) is 5.61. The normalized spacial score (nSPS) is 16.8. The minimum Gasteiger partial charge on any atom is -0.435 e. The number of benzene rings is 1. The first-order valence-corrected chi connectivity index (χ1v) is 6.12. The summed E-state index contributed by atoms with van der Waals surface area (Å²) < 4.78 is 28.5. The Balaban J connectivity index is 2.06. The number of hydrogen-bond acceptors (Lipinski definition) is 3. The van der Waals surface area contributed by atoms with E-state index < -0.39 is 6.61 Å². The summed E-state index contributed by atoms with van der Waals surface area (Å²) >= 11 is 0. The zero-order valence-corrected chi connectivity index (χ0v) is 10.4. The molecule has 0 aromatic heterocycles. The van der Waals surface area contributed by atoms with Gasteiger partial charge in [-0.3, -0.25) is 4.79 Å². The molecule has 19 heavy (non-hydrogen) atoms. The molecule has 1 saturated carbocycles. The summed E-state index contributed by atoms with van der Waals surface area (Å²) in [5, 5.41) is 2.87. The Labute approximate surface area is 109 Å². The van der Waals surface area contributed by atoms with E-state index in [0.717, 1.165) is 19.3 Å². The first kappa shape index (κ1) is 13.7. The molecule has 6 heteroatoms. The van der Waals surface area contributed by atoms with Gasteiger partial charge in [-0.2, -0.15) is 8.78 Å². The van der Waals surface area contributed by atoms with Gasteiger partial charge in [-0.05, 0) is 37.5 Å². The van der Waals surface area contributed by atoms with E-state index in [0.29, 0.717) is 6.54 Å². The molecule has 0 saturated heterocycles. The van der Waals surface area contributed by atoms with Crippen LogP contribution in [0.25, 0.3) is 0 Å². The highest BCUT2D eigenvalue weighted by Gasteiger charge is 2.37. The molecule has 1 aliphatic carbocycles. The van der Waals surface area contributed by atoms with Crippen LogP contribution < -0.4 is 15.8 Å². The lowest BCUT2D eigenvalue weighted by Crippen LogP contribution is -2.58. The molecular weight excluding hydrogens is 254 g/mol. The van der Waals surface area contributed by atoms with Crippen LogP contribution >= 0.6 is 0 Å². The molecule has 0 bridgehead atoms. The van der Waals surface area contributed by atoms with E-state index in [1.165, 1.54) is 18.2 Å². The summed E-state index contributed by atoms with van der Waals surface area (Å²) in [7, 11) is 0. The Bertz CT molecular complexity index is 456. The van der Waals surface area contributed by atoms with E-state index in [2.05, 4.69) is 10.1 Å². The predicted octanol–water partition coefficient (Wildman–Crippen LogP) is 1.90. The number of alkyl halides is 2. The van der Waals surface area contributed by atoms with Crippen LogP contribution in [0.1, 0.15) is 29.6 Å². The van der Waals surface area contributed by atoms with E-state index in [1.54, 1.807) is 6.07 Å².